The van der Waals surface area contributed by atoms with Gasteiger partial charge in [-0.25, -0.2) is 4.39 Å². The summed E-state index contributed by atoms with van der Waals surface area (Å²) < 4.78 is 21.3. The van der Waals surface area contributed by atoms with Crippen molar-refractivity contribution in [2.45, 2.75) is 20.0 Å². The van der Waals surface area contributed by atoms with Crippen LogP contribution in [0.2, 0.25) is 0 Å². The molecule has 0 aliphatic carbocycles. The zero-order chi connectivity index (χ0) is 15.9. The van der Waals surface area contributed by atoms with Crippen LogP contribution in [0.15, 0.2) is 12.3 Å². The molecule has 0 radical (unpaired) electrons. The number of ether oxygens (including phenoxy) is 1. The summed E-state index contributed by atoms with van der Waals surface area (Å²) in [6, 6.07) is 1.59. The molecule has 1 saturated heterocycles. The second-order valence-electron chi connectivity index (χ2n) is 5.47. The highest BCUT2D eigenvalue weighted by molar-refractivity contribution is 5.66. The summed E-state index contributed by atoms with van der Waals surface area (Å²) in [5, 5.41) is 4.34. The van der Waals surface area contributed by atoms with Crippen LogP contribution in [0.1, 0.15) is 11.4 Å². The number of nitrogens with zero attached hydrogens (tertiary/aromatic N) is 4. The van der Waals surface area contributed by atoms with E-state index >= 15 is 0 Å². The summed E-state index contributed by atoms with van der Waals surface area (Å²) in [5.74, 6) is -0.351. The molecule has 1 aliphatic rings. The van der Waals surface area contributed by atoms with Crippen molar-refractivity contribution in [1.29, 1.82) is 0 Å². The molecule has 1 amide bonds. The van der Waals surface area contributed by atoms with Crippen LogP contribution in [-0.4, -0.2) is 45.3 Å². The van der Waals surface area contributed by atoms with Gasteiger partial charge in [-0.15, -0.1) is 0 Å². The van der Waals surface area contributed by atoms with E-state index in [0.29, 0.717) is 18.8 Å². The lowest BCUT2D eigenvalue weighted by atomic mass is 10.1. The van der Waals surface area contributed by atoms with Crippen LogP contribution < -0.4 is 4.74 Å². The fraction of sp³-hybridized carbons (Fsp3) is 0.400. The Balaban J connectivity index is 1.88. The third-order valence-electron chi connectivity index (χ3n) is 3.90. The average molecular weight is 304 g/mol. The molecule has 0 bridgehead atoms. The molecule has 116 valence electrons. The van der Waals surface area contributed by atoms with Gasteiger partial charge in [-0.3, -0.25) is 14.5 Å². The van der Waals surface area contributed by atoms with Gasteiger partial charge in [0.2, 0.25) is 6.41 Å². The van der Waals surface area contributed by atoms with Crippen LogP contribution in [0.25, 0.3) is 11.3 Å². The molecule has 2 aromatic rings. The zero-order valence-corrected chi connectivity index (χ0v) is 12.7. The highest BCUT2D eigenvalue weighted by Crippen LogP contribution is 2.29. The number of hydrogen-bond acceptors (Lipinski definition) is 4. The van der Waals surface area contributed by atoms with E-state index in [0.717, 1.165) is 29.6 Å². The fourth-order valence-electron chi connectivity index (χ4n) is 2.60. The molecule has 0 N–H and O–H groups in total. The van der Waals surface area contributed by atoms with Crippen molar-refractivity contribution < 1.29 is 13.9 Å². The van der Waals surface area contributed by atoms with Crippen molar-refractivity contribution in [3.8, 4) is 17.0 Å². The van der Waals surface area contributed by atoms with E-state index in [9.17, 15) is 9.18 Å². The average Bonchev–Trinajstić information content (AvgIpc) is 2.69. The van der Waals surface area contributed by atoms with Gasteiger partial charge in [0.05, 0.1) is 30.7 Å². The first-order valence-corrected chi connectivity index (χ1v) is 7.01. The monoisotopic (exact) mass is 304 g/mol. The second kappa shape index (κ2) is 5.40. The van der Waals surface area contributed by atoms with E-state index in [1.54, 1.807) is 15.6 Å². The molecule has 0 aromatic carbocycles. The standard InChI is InChI=1S/C15H17FN4O2/c1-9-15(10(2)19(3)18-9)13-4-14(12(16)5-17-13)22-11-6-20(7-11)8-21/h4-5,8,11H,6-7H2,1-3H3. The van der Waals surface area contributed by atoms with Crippen molar-refractivity contribution in [3.63, 3.8) is 0 Å². The number of amides is 1. The lowest BCUT2D eigenvalue weighted by Gasteiger charge is -2.36. The number of likely N-dealkylation sites (tertiary alicyclic amines) is 1. The molecule has 1 fully saturated rings. The van der Waals surface area contributed by atoms with Gasteiger partial charge in [0.15, 0.2) is 11.6 Å². The predicted molar refractivity (Wildman–Crippen MR) is 77.9 cm³/mol. The largest absolute Gasteiger partial charge is 0.484 e. The highest BCUT2D eigenvalue weighted by Gasteiger charge is 2.28. The van der Waals surface area contributed by atoms with Crippen LogP contribution >= 0.6 is 0 Å². The van der Waals surface area contributed by atoms with Gasteiger partial charge in [-0.1, -0.05) is 0 Å². The number of carbonyl (C=O) groups excluding carboxylic acids is 1. The lowest BCUT2D eigenvalue weighted by molar-refractivity contribution is -0.126. The number of hydrogen-bond donors (Lipinski definition) is 0. The Morgan fingerprint density at radius 3 is 2.73 bits per heavy atom. The molecule has 6 nitrogen and oxygen atoms in total. The Morgan fingerprint density at radius 1 is 1.41 bits per heavy atom. The minimum absolute atomic E-state index is 0.156. The minimum Gasteiger partial charge on any atom is -0.484 e. The second-order valence-corrected chi connectivity index (χ2v) is 5.47. The molecule has 0 unspecified atom stereocenters. The zero-order valence-electron chi connectivity index (χ0n) is 12.7. The van der Waals surface area contributed by atoms with Crippen LogP contribution in [-0.2, 0) is 11.8 Å². The molecule has 0 spiro atoms. The lowest BCUT2D eigenvalue weighted by Crippen LogP contribution is -2.52. The third kappa shape index (κ3) is 2.43. The van der Waals surface area contributed by atoms with E-state index in [2.05, 4.69) is 10.1 Å². The number of pyridine rings is 1. The summed E-state index contributed by atoms with van der Waals surface area (Å²) in [7, 11) is 1.86. The summed E-state index contributed by atoms with van der Waals surface area (Å²) in [4.78, 5) is 16.3. The summed E-state index contributed by atoms with van der Waals surface area (Å²) >= 11 is 0. The Labute approximate surface area is 127 Å². The SMILES string of the molecule is Cc1nn(C)c(C)c1-c1cc(OC2CN(C=O)C2)c(F)cn1. The first kappa shape index (κ1) is 14.5. The topological polar surface area (TPSA) is 60.2 Å². The Kier molecular flexibility index (Phi) is 3.56. The normalized spacial score (nSPS) is 14.8. The van der Waals surface area contributed by atoms with Crippen molar-refractivity contribution in [2.75, 3.05) is 13.1 Å². The van der Waals surface area contributed by atoms with Gasteiger partial charge in [0, 0.05) is 24.4 Å². The van der Waals surface area contributed by atoms with E-state index < -0.39 is 5.82 Å². The molecule has 0 saturated carbocycles. The maximum Gasteiger partial charge on any atom is 0.209 e. The van der Waals surface area contributed by atoms with E-state index in [4.69, 9.17) is 4.74 Å². The first-order valence-electron chi connectivity index (χ1n) is 7.01. The third-order valence-corrected chi connectivity index (χ3v) is 3.90. The molecular weight excluding hydrogens is 287 g/mol. The van der Waals surface area contributed by atoms with Gasteiger partial charge in [0.25, 0.3) is 0 Å². The molecule has 22 heavy (non-hydrogen) atoms. The first-order chi connectivity index (χ1) is 10.5. The molecule has 3 rings (SSSR count). The van der Waals surface area contributed by atoms with Crippen LogP contribution in [0, 0.1) is 19.7 Å². The van der Waals surface area contributed by atoms with Crippen LogP contribution in [0.5, 0.6) is 5.75 Å². The predicted octanol–water partition coefficient (Wildman–Crippen LogP) is 1.46. The van der Waals surface area contributed by atoms with Gasteiger partial charge in [-0.05, 0) is 13.8 Å². The highest BCUT2D eigenvalue weighted by atomic mass is 19.1. The van der Waals surface area contributed by atoms with Crippen molar-refractivity contribution in [1.82, 2.24) is 19.7 Å². The molecule has 3 heterocycles. The maximum atomic E-state index is 13.9. The summed E-state index contributed by atoms with van der Waals surface area (Å²) in [6.07, 6.45) is 1.74. The number of aryl methyl sites for hydroxylation is 2. The number of halogens is 1. The van der Waals surface area contributed by atoms with Gasteiger partial charge >= 0.3 is 0 Å². The van der Waals surface area contributed by atoms with Crippen LogP contribution in [0.4, 0.5) is 4.39 Å². The summed E-state index contributed by atoms with van der Waals surface area (Å²) in [5.41, 5.74) is 3.31. The summed E-state index contributed by atoms with van der Waals surface area (Å²) in [6.45, 7) is 4.79. The van der Waals surface area contributed by atoms with Gasteiger partial charge in [-0.2, -0.15) is 5.10 Å². The quantitative estimate of drug-likeness (QED) is 0.802. The van der Waals surface area contributed by atoms with Crippen molar-refractivity contribution in [3.05, 3.63) is 29.5 Å². The number of carbonyl (C=O) groups is 1. The number of rotatable bonds is 4. The Morgan fingerprint density at radius 2 is 2.14 bits per heavy atom. The maximum absolute atomic E-state index is 13.9. The van der Waals surface area contributed by atoms with Gasteiger partial charge in [0.1, 0.15) is 6.10 Å². The van der Waals surface area contributed by atoms with Crippen molar-refractivity contribution >= 4 is 6.41 Å². The molecule has 0 atom stereocenters. The molecule has 2 aromatic heterocycles. The van der Waals surface area contributed by atoms with Crippen molar-refractivity contribution in [2.24, 2.45) is 7.05 Å². The van der Waals surface area contributed by atoms with Crippen LogP contribution in [0.3, 0.4) is 0 Å². The smallest absolute Gasteiger partial charge is 0.209 e. The van der Waals surface area contributed by atoms with Gasteiger partial charge < -0.3 is 9.64 Å². The van der Waals surface area contributed by atoms with E-state index in [-0.39, 0.29) is 11.9 Å². The molecular formula is C15H17FN4O2. The Bertz CT molecular complexity index is 723. The fourth-order valence-corrected chi connectivity index (χ4v) is 2.60. The van der Waals surface area contributed by atoms with E-state index in [1.807, 2.05) is 20.9 Å². The number of aromatic nitrogens is 3. The molecule has 7 heteroatoms. The van der Waals surface area contributed by atoms with E-state index in [1.165, 1.54) is 0 Å². The molecule has 1 aliphatic heterocycles. The minimum atomic E-state index is -0.507. The Hall–Kier alpha value is -2.44.